The molecule has 0 bridgehead atoms. The summed E-state index contributed by atoms with van der Waals surface area (Å²) in [4.78, 5) is 15.3. The van der Waals surface area contributed by atoms with Crippen LogP contribution in [0.3, 0.4) is 0 Å². The summed E-state index contributed by atoms with van der Waals surface area (Å²) in [6, 6.07) is 19.1. The Morgan fingerprint density at radius 3 is 2.51 bits per heavy atom. The Morgan fingerprint density at radius 2 is 1.74 bits per heavy atom. The quantitative estimate of drug-likeness (QED) is 0.399. The van der Waals surface area contributed by atoms with Crippen LogP contribution in [0.5, 0.6) is 11.5 Å². The molecule has 35 heavy (non-hydrogen) atoms. The van der Waals surface area contributed by atoms with Crippen molar-refractivity contribution in [1.29, 1.82) is 0 Å². The maximum Gasteiger partial charge on any atom is 0.323 e. The number of nitrogens with zero attached hydrogens (tertiary/aromatic N) is 2. The number of anilines is 1. The van der Waals surface area contributed by atoms with Crippen molar-refractivity contribution in [1.82, 2.24) is 9.47 Å². The van der Waals surface area contributed by atoms with Gasteiger partial charge in [0.1, 0.15) is 11.6 Å². The van der Waals surface area contributed by atoms with Crippen molar-refractivity contribution in [2.24, 2.45) is 0 Å². The molecule has 4 aromatic rings. The summed E-state index contributed by atoms with van der Waals surface area (Å²) in [6.07, 6.45) is 1.95. The van der Waals surface area contributed by atoms with Crippen LogP contribution in [0.15, 0.2) is 79.0 Å². The van der Waals surface area contributed by atoms with Gasteiger partial charge in [-0.25, -0.2) is 13.6 Å². The van der Waals surface area contributed by atoms with Crippen molar-refractivity contribution in [3.63, 3.8) is 0 Å². The van der Waals surface area contributed by atoms with E-state index >= 15 is 0 Å². The Kier molecular flexibility index (Phi) is 5.86. The molecule has 0 radical (unpaired) electrons. The molecule has 1 aliphatic heterocycles. The van der Waals surface area contributed by atoms with Gasteiger partial charge < -0.3 is 24.3 Å². The lowest BCUT2D eigenvalue weighted by atomic mass is 10.0. The number of nitrogens with one attached hydrogen (secondary N) is 1. The molecule has 1 aromatic heterocycles. The molecule has 1 atom stereocenters. The van der Waals surface area contributed by atoms with Crippen LogP contribution in [-0.2, 0) is 6.54 Å². The van der Waals surface area contributed by atoms with E-state index < -0.39 is 23.7 Å². The topological polar surface area (TPSA) is 55.7 Å². The molecule has 178 valence electrons. The largest absolute Gasteiger partial charge is 0.493 e. The Labute approximate surface area is 201 Å². The molecule has 2 heterocycles. The molecule has 0 aliphatic carbocycles. The number of carbonyl (C=O) groups excluding carboxylic acids is 1. The van der Waals surface area contributed by atoms with Gasteiger partial charge in [-0.05, 0) is 53.6 Å². The van der Waals surface area contributed by atoms with Crippen LogP contribution in [0.2, 0.25) is 0 Å². The van der Waals surface area contributed by atoms with Gasteiger partial charge in [0.2, 0.25) is 0 Å². The number of halogens is 2. The first-order valence-electron chi connectivity index (χ1n) is 11.0. The Bertz CT molecular complexity index is 1400. The maximum atomic E-state index is 14.4. The fraction of sp³-hybridized carbons (Fsp3) is 0.148. The molecule has 0 saturated heterocycles. The van der Waals surface area contributed by atoms with Gasteiger partial charge in [-0.15, -0.1) is 0 Å². The van der Waals surface area contributed by atoms with Crippen LogP contribution in [0.4, 0.5) is 19.3 Å². The molecule has 0 fully saturated rings. The number of hydrogen-bond donors (Lipinski definition) is 1. The molecular weight excluding hydrogens is 452 g/mol. The van der Waals surface area contributed by atoms with Crippen molar-refractivity contribution in [2.75, 3.05) is 19.5 Å². The number of para-hydroxylation sites is 1. The van der Waals surface area contributed by atoms with Crippen LogP contribution in [0.25, 0.3) is 5.69 Å². The minimum absolute atomic E-state index is 0.102. The van der Waals surface area contributed by atoms with Gasteiger partial charge >= 0.3 is 6.03 Å². The zero-order chi connectivity index (χ0) is 24.5. The highest BCUT2D eigenvalue weighted by Crippen LogP contribution is 2.40. The van der Waals surface area contributed by atoms with Gasteiger partial charge in [0.15, 0.2) is 11.5 Å². The molecule has 5 rings (SSSR count). The number of hydrogen-bond acceptors (Lipinski definition) is 3. The lowest BCUT2D eigenvalue weighted by molar-refractivity contribution is 0.194. The van der Waals surface area contributed by atoms with Gasteiger partial charge in [0, 0.05) is 18.0 Å². The second-order valence-corrected chi connectivity index (χ2v) is 8.13. The van der Waals surface area contributed by atoms with Gasteiger partial charge in [-0.3, -0.25) is 0 Å². The van der Waals surface area contributed by atoms with E-state index in [9.17, 15) is 13.6 Å². The molecule has 1 aliphatic rings. The van der Waals surface area contributed by atoms with E-state index in [0.717, 1.165) is 34.6 Å². The fourth-order valence-corrected chi connectivity index (χ4v) is 4.49. The van der Waals surface area contributed by atoms with Crippen molar-refractivity contribution in [3.8, 4) is 17.2 Å². The normalized spacial score (nSPS) is 14.5. The molecule has 8 heteroatoms. The first kappa shape index (κ1) is 22.5. The third-order valence-corrected chi connectivity index (χ3v) is 6.12. The molecule has 2 amide bonds. The molecule has 3 aromatic carbocycles. The van der Waals surface area contributed by atoms with Crippen LogP contribution >= 0.6 is 0 Å². The molecule has 0 saturated carbocycles. The van der Waals surface area contributed by atoms with E-state index in [4.69, 9.17) is 9.47 Å². The SMILES string of the molecule is COc1ccc(C2c3cccn3-c3ccccc3CN2C(=O)Nc2ccc(F)cc2F)cc1OC. The van der Waals surface area contributed by atoms with Gasteiger partial charge in [-0.2, -0.15) is 0 Å². The molecular formula is C27H23F2N3O3. The highest BCUT2D eigenvalue weighted by atomic mass is 19.1. The molecule has 0 spiro atoms. The molecule has 6 nitrogen and oxygen atoms in total. The predicted octanol–water partition coefficient (Wildman–Crippen LogP) is 5.91. The first-order chi connectivity index (χ1) is 17.0. The number of aromatic nitrogens is 1. The number of rotatable bonds is 4. The van der Waals surface area contributed by atoms with Crippen molar-refractivity contribution in [3.05, 3.63) is 107 Å². The summed E-state index contributed by atoms with van der Waals surface area (Å²) >= 11 is 0. The zero-order valence-corrected chi connectivity index (χ0v) is 19.2. The lowest BCUT2D eigenvalue weighted by Gasteiger charge is -2.31. The third kappa shape index (κ3) is 4.07. The lowest BCUT2D eigenvalue weighted by Crippen LogP contribution is -2.38. The minimum atomic E-state index is -0.848. The van der Waals surface area contributed by atoms with E-state index in [1.165, 1.54) is 6.07 Å². The van der Waals surface area contributed by atoms with Crippen LogP contribution in [0.1, 0.15) is 22.9 Å². The number of amides is 2. The highest BCUT2D eigenvalue weighted by Gasteiger charge is 2.33. The monoisotopic (exact) mass is 475 g/mol. The third-order valence-electron chi connectivity index (χ3n) is 6.12. The van der Waals surface area contributed by atoms with Crippen LogP contribution < -0.4 is 14.8 Å². The van der Waals surface area contributed by atoms with Crippen molar-refractivity contribution >= 4 is 11.7 Å². The summed E-state index contributed by atoms with van der Waals surface area (Å²) in [5.74, 6) is -0.479. The zero-order valence-electron chi connectivity index (χ0n) is 19.2. The molecule has 1 unspecified atom stereocenters. The van der Waals surface area contributed by atoms with Gasteiger partial charge in [0.05, 0.1) is 38.2 Å². The number of fused-ring (bicyclic) bond motifs is 3. The number of carbonyl (C=O) groups is 1. The van der Waals surface area contributed by atoms with Crippen LogP contribution in [0, 0.1) is 11.6 Å². The minimum Gasteiger partial charge on any atom is -0.493 e. The Morgan fingerprint density at radius 1 is 0.943 bits per heavy atom. The van der Waals surface area contributed by atoms with E-state index in [1.54, 1.807) is 25.2 Å². The maximum absolute atomic E-state index is 14.4. The summed E-state index contributed by atoms with van der Waals surface area (Å²) in [5, 5.41) is 2.62. The summed E-state index contributed by atoms with van der Waals surface area (Å²) < 4.78 is 40.7. The summed E-state index contributed by atoms with van der Waals surface area (Å²) in [7, 11) is 3.11. The van der Waals surface area contributed by atoms with E-state index in [0.29, 0.717) is 11.5 Å². The predicted molar refractivity (Wildman–Crippen MR) is 128 cm³/mol. The Hall–Kier alpha value is -4.33. The van der Waals surface area contributed by atoms with Gasteiger partial charge in [0.25, 0.3) is 0 Å². The fourth-order valence-electron chi connectivity index (χ4n) is 4.49. The second-order valence-electron chi connectivity index (χ2n) is 8.13. The summed E-state index contributed by atoms with van der Waals surface area (Å²) in [5.41, 5.74) is 3.39. The van der Waals surface area contributed by atoms with E-state index in [1.807, 2.05) is 59.3 Å². The van der Waals surface area contributed by atoms with Crippen molar-refractivity contribution < 1.29 is 23.0 Å². The van der Waals surface area contributed by atoms with Gasteiger partial charge in [-0.1, -0.05) is 24.3 Å². The van der Waals surface area contributed by atoms with Crippen molar-refractivity contribution in [2.45, 2.75) is 12.6 Å². The number of methoxy groups -OCH3 is 2. The molecule has 1 N–H and O–H groups in total. The number of urea groups is 1. The smallest absolute Gasteiger partial charge is 0.323 e. The standard InChI is InChI=1S/C27H23F2N3O3/c1-34-24-12-9-17(14-25(24)35-2)26-23-8-5-13-31(23)22-7-4-3-6-18(22)16-32(26)27(33)30-21-11-10-19(28)15-20(21)29/h3-15,26H,16H2,1-2H3,(H,30,33). The van der Waals surface area contributed by atoms with E-state index in [2.05, 4.69) is 5.32 Å². The number of benzene rings is 3. The van der Waals surface area contributed by atoms with E-state index in [-0.39, 0.29) is 12.2 Å². The first-order valence-corrected chi connectivity index (χ1v) is 11.0. The summed E-state index contributed by atoms with van der Waals surface area (Å²) in [6.45, 7) is 0.255. The average molecular weight is 475 g/mol. The number of ether oxygens (including phenoxy) is 2. The highest BCUT2D eigenvalue weighted by molar-refractivity contribution is 5.90. The van der Waals surface area contributed by atoms with Crippen LogP contribution in [-0.4, -0.2) is 29.7 Å². The Balaban J connectivity index is 1.65. The second kappa shape index (κ2) is 9.13. The average Bonchev–Trinajstić information content (AvgIpc) is 3.29.